The smallest absolute Gasteiger partial charge is 0.144 e. The Labute approximate surface area is 128 Å². The second kappa shape index (κ2) is 4.68. The van der Waals surface area contributed by atoms with E-state index in [1.54, 1.807) is 6.08 Å². The maximum absolute atomic E-state index is 9.88. The van der Waals surface area contributed by atoms with Gasteiger partial charge in [0.2, 0.25) is 0 Å². The molecular formula is C16H15N3OS. The first-order chi connectivity index (χ1) is 10.00. The molecule has 0 spiro atoms. The fraction of sp³-hybridized carbons (Fsp3) is 0.250. The van der Waals surface area contributed by atoms with Crippen LogP contribution in [0.15, 0.2) is 53.3 Å². The molecule has 3 rings (SSSR count). The number of thiol groups is 1. The van der Waals surface area contributed by atoms with Gasteiger partial charge in [0.15, 0.2) is 0 Å². The maximum Gasteiger partial charge on any atom is 0.144 e. The summed E-state index contributed by atoms with van der Waals surface area (Å²) in [6, 6.07) is 11.6. The SMILES string of the molecule is C[C@@]12C(=C(C#N)C(=N)N1c1ccccc1)C=C(O)C[C@H]2S. The molecule has 0 amide bonds. The van der Waals surface area contributed by atoms with Crippen LogP contribution < -0.4 is 4.90 Å². The standard InChI is InChI=1S/C16H15N3OS/c1-16-13(7-11(20)8-14(16)21)12(9-17)15(18)19(16)10-5-3-2-4-6-10/h2-7,14,18,20-21H,8H2,1H3/t14-,16+/m1/s1. The highest BCUT2D eigenvalue weighted by atomic mass is 32.1. The van der Waals surface area contributed by atoms with Crippen LogP contribution in [0.5, 0.6) is 0 Å². The normalized spacial score (nSPS) is 28.2. The molecule has 2 aliphatic rings. The van der Waals surface area contributed by atoms with Gasteiger partial charge >= 0.3 is 0 Å². The molecule has 5 heteroatoms. The molecule has 0 saturated carbocycles. The minimum atomic E-state index is -0.612. The molecule has 0 saturated heterocycles. The Hall–Kier alpha value is -2.19. The zero-order chi connectivity index (χ0) is 15.2. The minimum Gasteiger partial charge on any atom is -0.512 e. The van der Waals surface area contributed by atoms with Crippen LogP contribution in [0.1, 0.15) is 13.3 Å². The number of nitrogens with zero attached hydrogens (tertiary/aromatic N) is 2. The van der Waals surface area contributed by atoms with Crippen LogP contribution in [0.2, 0.25) is 0 Å². The largest absolute Gasteiger partial charge is 0.512 e. The molecule has 21 heavy (non-hydrogen) atoms. The molecule has 1 aromatic carbocycles. The third-order valence-electron chi connectivity index (χ3n) is 4.23. The number of fused-ring (bicyclic) bond motifs is 1. The second-order valence-electron chi connectivity index (χ2n) is 5.42. The highest BCUT2D eigenvalue weighted by Gasteiger charge is 2.52. The second-order valence-corrected chi connectivity index (χ2v) is 6.05. The first kappa shape index (κ1) is 13.8. The van der Waals surface area contributed by atoms with Crippen LogP contribution in [0.25, 0.3) is 0 Å². The molecular weight excluding hydrogens is 282 g/mol. The predicted molar refractivity (Wildman–Crippen MR) is 85.8 cm³/mol. The molecule has 0 bridgehead atoms. The van der Waals surface area contributed by atoms with Gasteiger partial charge in [0.1, 0.15) is 17.5 Å². The number of nitriles is 1. The number of rotatable bonds is 1. The van der Waals surface area contributed by atoms with Crippen molar-refractivity contribution in [2.75, 3.05) is 4.90 Å². The molecule has 0 radical (unpaired) electrons. The van der Waals surface area contributed by atoms with Gasteiger partial charge in [0, 0.05) is 22.9 Å². The summed E-state index contributed by atoms with van der Waals surface area (Å²) in [7, 11) is 0. The molecule has 2 N–H and O–H groups in total. The van der Waals surface area contributed by atoms with E-state index in [9.17, 15) is 10.4 Å². The first-order valence-corrected chi connectivity index (χ1v) is 7.18. The van der Waals surface area contributed by atoms with Crippen LogP contribution in [0.4, 0.5) is 5.69 Å². The summed E-state index contributed by atoms with van der Waals surface area (Å²) in [6.45, 7) is 1.97. The van der Waals surface area contributed by atoms with Gasteiger partial charge in [-0.2, -0.15) is 17.9 Å². The summed E-state index contributed by atoms with van der Waals surface area (Å²) < 4.78 is 0. The fourth-order valence-electron chi connectivity index (χ4n) is 3.10. The molecule has 2 atom stereocenters. The summed E-state index contributed by atoms with van der Waals surface area (Å²) in [4.78, 5) is 1.83. The highest BCUT2D eigenvalue weighted by Crippen LogP contribution is 2.47. The van der Waals surface area contributed by atoms with Crippen molar-refractivity contribution in [2.24, 2.45) is 0 Å². The average molecular weight is 297 g/mol. The number of hydrogen-bond acceptors (Lipinski definition) is 4. The molecule has 0 fully saturated rings. The lowest BCUT2D eigenvalue weighted by atomic mass is 9.81. The van der Waals surface area contributed by atoms with Gasteiger partial charge in [-0.1, -0.05) is 18.2 Å². The van der Waals surface area contributed by atoms with E-state index in [-0.39, 0.29) is 16.8 Å². The number of benzene rings is 1. The number of hydrogen-bond donors (Lipinski definition) is 3. The van der Waals surface area contributed by atoms with E-state index in [0.717, 1.165) is 5.69 Å². The molecule has 0 aromatic heterocycles. The summed E-state index contributed by atoms with van der Waals surface area (Å²) >= 11 is 4.63. The number of aliphatic hydroxyl groups is 1. The number of para-hydroxylation sites is 1. The molecule has 4 nitrogen and oxygen atoms in total. The first-order valence-electron chi connectivity index (χ1n) is 6.66. The Kier molecular flexibility index (Phi) is 3.07. The van der Waals surface area contributed by atoms with E-state index in [0.29, 0.717) is 17.6 Å². The lowest BCUT2D eigenvalue weighted by Gasteiger charge is -2.44. The van der Waals surface area contributed by atoms with Crippen LogP contribution in [0.3, 0.4) is 0 Å². The van der Waals surface area contributed by atoms with Crippen LogP contribution in [-0.4, -0.2) is 21.7 Å². The van der Waals surface area contributed by atoms with E-state index in [1.807, 2.05) is 42.2 Å². The van der Waals surface area contributed by atoms with Gasteiger partial charge in [0.25, 0.3) is 0 Å². The van der Waals surface area contributed by atoms with Crippen molar-refractivity contribution in [3.63, 3.8) is 0 Å². The Bertz CT molecular complexity index is 717. The van der Waals surface area contributed by atoms with Crippen molar-refractivity contribution < 1.29 is 5.11 Å². The van der Waals surface area contributed by atoms with Gasteiger partial charge in [-0.15, -0.1) is 0 Å². The maximum atomic E-state index is 9.88. The monoisotopic (exact) mass is 297 g/mol. The number of anilines is 1. The lowest BCUT2D eigenvalue weighted by molar-refractivity contribution is 0.356. The Balaban J connectivity index is 2.24. The summed E-state index contributed by atoms with van der Waals surface area (Å²) in [5, 5.41) is 27.5. The lowest BCUT2D eigenvalue weighted by Crippen LogP contribution is -2.53. The zero-order valence-electron chi connectivity index (χ0n) is 11.5. The summed E-state index contributed by atoms with van der Waals surface area (Å²) in [5.74, 6) is 0.365. The number of aliphatic hydroxyl groups excluding tert-OH is 1. The van der Waals surface area contributed by atoms with Gasteiger partial charge in [-0.05, 0) is 25.1 Å². The number of amidine groups is 1. The van der Waals surface area contributed by atoms with Gasteiger partial charge in [-0.25, -0.2) is 0 Å². The van der Waals surface area contributed by atoms with Gasteiger partial charge in [-0.3, -0.25) is 5.41 Å². The van der Waals surface area contributed by atoms with Gasteiger partial charge in [0.05, 0.1) is 11.3 Å². The van der Waals surface area contributed by atoms with E-state index >= 15 is 0 Å². The summed E-state index contributed by atoms with van der Waals surface area (Å²) in [5.41, 5.74) is 1.20. The van der Waals surface area contributed by atoms with E-state index in [1.165, 1.54) is 0 Å². The quantitative estimate of drug-likeness (QED) is 0.697. The molecule has 1 heterocycles. The van der Waals surface area contributed by atoms with Crippen molar-refractivity contribution >= 4 is 24.2 Å². The Morgan fingerprint density at radius 1 is 1.43 bits per heavy atom. The highest BCUT2D eigenvalue weighted by molar-refractivity contribution is 7.81. The van der Waals surface area contributed by atoms with Gasteiger partial charge < -0.3 is 10.0 Å². The Morgan fingerprint density at radius 3 is 2.71 bits per heavy atom. The van der Waals surface area contributed by atoms with Crippen molar-refractivity contribution in [3.05, 3.63) is 53.3 Å². The number of nitrogens with one attached hydrogen (secondary N) is 1. The van der Waals surface area contributed by atoms with Crippen molar-refractivity contribution in [3.8, 4) is 6.07 Å². The van der Waals surface area contributed by atoms with Crippen molar-refractivity contribution in [1.29, 1.82) is 10.7 Å². The predicted octanol–water partition coefficient (Wildman–Crippen LogP) is 3.21. The molecule has 1 aliphatic heterocycles. The van der Waals surface area contributed by atoms with E-state index < -0.39 is 5.54 Å². The van der Waals surface area contributed by atoms with Crippen LogP contribution in [-0.2, 0) is 0 Å². The molecule has 1 aliphatic carbocycles. The Morgan fingerprint density at radius 2 is 2.10 bits per heavy atom. The fourth-order valence-corrected chi connectivity index (χ4v) is 3.54. The zero-order valence-corrected chi connectivity index (χ0v) is 12.4. The topological polar surface area (TPSA) is 71.1 Å². The summed E-state index contributed by atoms with van der Waals surface area (Å²) in [6.07, 6.45) is 2.03. The average Bonchev–Trinajstić information content (AvgIpc) is 2.68. The van der Waals surface area contributed by atoms with E-state index in [2.05, 4.69) is 18.7 Å². The van der Waals surface area contributed by atoms with E-state index in [4.69, 9.17) is 5.41 Å². The molecule has 106 valence electrons. The number of allylic oxidation sites excluding steroid dienone is 1. The molecule has 1 aromatic rings. The molecule has 0 unspecified atom stereocenters. The van der Waals surface area contributed by atoms with Crippen molar-refractivity contribution in [1.82, 2.24) is 0 Å². The third-order valence-corrected chi connectivity index (χ3v) is 4.91. The van der Waals surface area contributed by atoms with Crippen molar-refractivity contribution in [2.45, 2.75) is 24.1 Å². The van der Waals surface area contributed by atoms with Crippen LogP contribution >= 0.6 is 12.6 Å². The minimum absolute atomic E-state index is 0.159. The van der Waals surface area contributed by atoms with Crippen LogP contribution in [0, 0.1) is 16.7 Å². The third kappa shape index (κ3) is 1.79.